The highest BCUT2D eigenvalue weighted by Crippen LogP contribution is 2.37. The largest absolute Gasteiger partial charge is 0.378 e. The molecule has 242 valence electrons. The molecule has 2 aliphatic rings. The Kier molecular flexibility index (Phi) is 11.2. The summed E-state index contributed by atoms with van der Waals surface area (Å²) in [6.07, 6.45) is 4.79. The number of hydrogen-bond donors (Lipinski definition) is 2. The molecule has 2 saturated heterocycles. The van der Waals surface area contributed by atoms with E-state index in [2.05, 4.69) is 20.5 Å². The van der Waals surface area contributed by atoms with E-state index in [-0.39, 0.29) is 33.5 Å². The van der Waals surface area contributed by atoms with Crippen molar-refractivity contribution < 1.29 is 22.7 Å². The van der Waals surface area contributed by atoms with Crippen LogP contribution in [-0.4, -0.2) is 93.2 Å². The van der Waals surface area contributed by atoms with Gasteiger partial charge in [0.05, 0.1) is 46.5 Å². The van der Waals surface area contributed by atoms with E-state index < -0.39 is 21.8 Å². The second kappa shape index (κ2) is 14.9. The molecule has 45 heavy (non-hydrogen) atoms. The Morgan fingerprint density at radius 3 is 2.42 bits per heavy atom. The number of aromatic nitrogens is 1. The van der Waals surface area contributed by atoms with Crippen LogP contribution >= 0.6 is 46.1 Å². The third-order valence-electron chi connectivity index (χ3n) is 7.57. The molecule has 0 spiro atoms. The smallest absolute Gasteiger partial charge is 0.267 e. The standard InChI is InChI=1S/C29H33Cl3N6O5S2/c1-45(41,42)38(9-8-36-6-2-3-7-36)17-19-18-44-27(25(19)32)29(40)35-26-22(28(39)34-24-5-4-20(30)16-33-24)14-21(31)15-23(26)37-10-12-43-13-11-37/h4-5,14-16,18H,2-3,6-13,17H2,1H3,(H,35,40)(H,33,34,39). The number of benzene rings is 1. The van der Waals surface area contributed by atoms with Gasteiger partial charge in [-0.2, -0.15) is 4.31 Å². The lowest BCUT2D eigenvalue weighted by atomic mass is 10.1. The number of ether oxygens (including phenoxy) is 1. The maximum atomic E-state index is 13.8. The van der Waals surface area contributed by atoms with Crippen LogP contribution in [0.15, 0.2) is 35.8 Å². The van der Waals surface area contributed by atoms with Crippen LogP contribution in [0.3, 0.4) is 0 Å². The van der Waals surface area contributed by atoms with Crippen molar-refractivity contribution in [3.05, 3.63) is 66.9 Å². The number of pyridine rings is 1. The molecule has 2 aliphatic heterocycles. The number of sulfonamides is 1. The normalized spacial score (nSPS) is 15.9. The number of carbonyl (C=O) groups is 2. The zero-order chi connectivity index (χ0) is 32.1. The molecule has 3 aromatic rings. The molecule has 2 amide bonds. The quantitative estimate of drug-likeness (QED) is 0.274. The van der Waals surface area contributed by atoms with Gasteiger partial charge in [0.2, 0.25) is 10.0 Å². The number of likely N-dealkylation sites (tertiary alicyclic amines) is 1. The van der Waals surface area contributed by atoms with Gasteiger partial charge >= 0.3 is 0 Å². The van der Waals surface area contributed by atoms with Crippen LogP contribution in [0.5, 0.6) is 0 Å². The van der Waals surface area contributed by atoms with Gasteiger partial charge in [0, 0.05) is 43.9 Å². The molecule has 2 aromatic heterocycles. The molecule has 0 unspecified atom stereocenters. The van der Waals surface area contributed by atoms with Crippen LogP contribution in [-0.2, 0) is 21.3 Å². The van der Waals surface area contributed by atoms with Gasteiger partial charge in [-0.25, -0.2) is 13.4 Å². The fourth-order valence-corrected chi connectivity index (χ4v) is 7.57. The molecule has 0 bridgehead atoms. The lowest BCUT2D eigenvalue weighted by Gasteiger charge is -2.31. The molecule has 0 radical (unpaired) electrons. The minimum Gasteiger partial charge on any atom is -0.378 e. The van der Waals surface area contributed by atoms with Gasteiger partial charge in [0.15, 0.2) is 0 Å². The van der Waals surface area contributed by atoms with Crippen molar-refractivity contribution in [2.24, 2.45) is 0 Å². The molecule has 16 heteroatoms. The first-order chi connectivity index (χ1) is 21.5. The molecule has 4 heterocycles. The third kappa shape index (κ3) is 8.66. The van der Waals surface area contributed by atoms with Gasteiger partial charge in [-0.15, -0.1) is 11.3 Å². The topological polar surface area (TPSA) is 124 Å². The Morgan fingerprint density at radius 2 is 1.76 bits per heavy atom. The first-order valence-corrected chi connectivity index (χ1v) is 18.2. The number of hydrogen-bond acceptors (Lipinski definition) is 9. The molecule has 5 rings (SSSR count). The zero-order valence-electron chi connectivity index (χ0n) is 24.5. The molecule has 2 fully saturated rings. The van der Waals surface area contributed by atoms with E-state index in [9.17, 15) is 18.0 Å². The van der Waals surface area contributed by atoms with Crippen molar-refractivity contribution in [3.8, 4) is 0 Å². The molecule has 0 atom stereocenters. The average molecular weight is 716 g/mol. The van der Waals surface area contributed by atoms with E-state index in [1.54, 1.807) is 23.6 Å². The molecule has 11 nitrogen and oxygen atoms in total. The summed E-state index contributed by atoms with van der Waals surface area (Å²) in [6.45, 7) is 4.85. The Morgan fingerprint density at radius 1 is 1.02 bits per heavy atom. The third-order valence-corrected chi connectivity index (χ3v) is 10.8. The Hall–Kier alpha value is -2.49. The van der Waals surface area contributed by atoms with E-state index in [1.807, 2.05) is 4.90 Å². The molecule has 1 aromatic carbocycles. The minimum atomic E-state index is -3.53. The summed E-state index contributed by atoms with van der Waals surface area (Å²) in [5, 5.41) is 8.19. The van der Waals surface area contributed by atoms with E-state index in [0.29, 0.717) is 60.7 Å². The number of halogens is 3. The summed E-state index contributed by atoms with van der Waals surface area (Å²) in [5.74, 6) is -0.827. The summed E-state index contributed by atoms with van der Waals surface area (Å²) in [4.78, 5) is 35.8. The maximum absolute atomic E-state index is 13.8. The van der Waals surface area contributed by atoms with E-state index in [4.69, 9.17) is 39.5 Å². The lowest BCUT2D eigenvalue weighted by Crippen LogP contribution is -2.37. The summed E-state index contributed by atoms with van der Waals surface area (Å²) in [6, 6.07) is 6.31. The van der Waals surface area contributed by atoms with Gasteiger partial charge in [-0.1, -0.05) is 34.8 Å². The maximum Gasteiger partial charge on any atom is 0.267 e. The van der Waals surface area contributed by atoms with Gasteiger partial charge < -0.3 is 25.2 Å². The number of carbonyl (C=O) groups excluding carboxylic acids is 2. The number of rotatable bonds is 11. The lowest BCUT2D eigenvalue weighted by molar-refractivity contribution is 0.102. The van der Waals surface area contributed by atoms with Gasteiger partial charge in [-0.3, -0.25) is 9.59 Å². The average Bonchev–Trinajstić information content (AvgIpc) is 3.66. The predicted molar refractivity (Wildman–Crippen MR) is 180 cm³/mol. The Labute approximate surface area is 281 Å². The van der Waals surface area contributed by atoms with Crippen molar-refractivity contribution >= 4 is 85.2 Å². The van der Waals surface area contributed by atoms with E-state index >= 15 is 0 Å². The molecular weight excluding hydrogens is 683 g/mol. The molecule has 2 N–H and O–H groups in total. The molecular formula is C29H33Cl3N6O5S2. The number of nitrogens with zero attached hydrogens (tertiary/aromatic N) is 4. The Balaban J connectivity index is 1.41. The SMILES string of the molecule is CS(=O)(=O)N(CCN1CCCC1)Cc1csc(C(=O)Nc2c(C(=O)Nc3ccc(Cl)cn3)cc(Cl)cc2N2CCOCC2)c1Cl. The van der Waals surface area contributed by atoms with Crippen LogP contribution in [0, 0.1) is 0 Å². The van der Waals surface area contributed by atoms with Crippen molar-refractivity contribution in [2.45, 2.75) is 19.4 Å². The van der Waals surface area contributed by atoms with Gasteiger partial charge in [0.1, 0.15) is 10.7 Å². The highest BCUT2D eigenvalue weighted by atomic mass is 35.5. The van der Waals surface area contributed by atoms with Crippen molar-refractivity contribution in [1.29, 1.82) is 0 Å². The van der Waals surface area contributed by atoms with Gasteiger partial charge in [0.25, 0.3) is 11.8 Å². The summed E-state index contributed by atoms with van der Waals surface area (Å²) in [7, 11) is -3.53. The fraction of sp³-hybridized carbons (Fsp3) is 0.414. The van der Waals surface area contributed by atoms with Crippen molar-refractivity contribution in [2.75, 3.05) is 74.3 Å². The molecule has 0 saturated carbocycles. The van der Waals surface area contributed by atoms with Crippen molar-refractivity contribution in [1.82, 2.24) is 14.2 Å². The highest BCUT2D eigenvalue weighted by molar-refractivity contribution is 7.88. The van der Waals surface area contributed by atoms with Crippen molar-refractivity contribution in [3.63, 3.8) is 0 Å². The minimum absolute atomic E-state index is 0.0387. The number of nitrogens with one attached hydrogen (secondary N) is 2. The van der Waals surface area contributed by atoms with Crippen LogP contribution in [0.1, 0.15) is 38.4 Å². The predicted octanol–water partition coefficient (Wildman–Crippen LogP) is 5.30. The number of morpholine rings is 1. The second-order valence-electron chi connectivity index (χ2n) is 10.8. The van der Waals surface area contributed by atoms with Crippen LogP contribution < -0.4 is 15.5 Å². The van der Waals surface area contributed by atoms with E-state index in [1.165, 1.54) is 22.8 Å². The molecule has 0 aliphatic carbocycles. The first-order valence-electron chi connectivity index (χ1n) is 14.3. The van der Waals surface area contributed by atoms with E-state index in [0.717, 1.165) is 37.3 Å². The number of anilines is 3. The number of thiophene rings is 1. The van der Waals surface area contributed by atoms with Gasteiger partial charge in [-0.05, 0) is 61.1 Å². The monoisotopic (exact) mass is 714 g/mol. The van der Waals surface area contributed by atoms with Crippen LogP contribution in [0.2, 0.25) is 15.1 Å². The first kappa shape index (κ1) is 33.9. The zero-order valence-corrected chi connectivity index (χ0v) is 28.4. The highest BCUT2D eigenvalue weighted by Gasteiger charge is 2.27. The number of amides is 2. The summed E-state index contributed by atoms with van der Waals surface area (Å²) < 4.78 is 32.1. The summed E-state index contributed by atoms with van der Waals surface area (Å²) >= 11 is 20.2. The Bertz CT molecular complexity index is 1640. The second-order valence-corrected chi connectivity index (χ2v) is 14.9. The fourth-order valence-electron chi connectivity index (χ4n) is 5.21. The van der Waals surface area contributed by atoms with Crippen LogP contribution in [0.4, 0.5) is 17.2 Å². The summed E-state index contributed by atoms with van der Waals surface area (Å²) in [5.41, 5.74) is 1.43. The van der Waals surface area contributed by atoms with Crippen LogP contribution in [0.25, 0.3) is 0 Å².